The number of carbonyl (C=O) groups excluding carboxylic acids is 1. The van der Waals surface area contributed by atoms with Crippen molar-refractivity contribution in [2.45, 2.75) is 6.42 Å². The summed E-state index contributed by atoms with van der Waals surface area (Å²) in [5.41, 5.74) is 0. The molecule has 0 amide bonds. The summed E-state index contributed by atoms with van der Waals surface area (Å²) in [6, 6.07) is 0. The summed E-state index contributed by atoms with van der Waals surface area (Å²) in [5.74, 6) is 0. The molecule has 0 saturated heterocycles. The topological polar surface area (TPSA) is 17.1 Å². The van der Waals surface area contributed by atoms with Crippen LogP contribution in [0.3, 0.4) is 0 Å². The maximum Gasteiger partial charge on any atom is 0.106 e. The standard InChI is InChI=1S/C5H6.CH2O.Mn/c1-2-4-5-3-1;1-2;/h1-4H,5H2;1H2;. The Balaban J connectivity index is 0. The van der Waals surface area contributed by atoms with E-state index in [0.29, 0.717) is 0 Å². The number of allylic oxidation sites excluding steroid dienone is 4. The molecule has 0 unspecified atom stereocenters. The molecule has 0 aromatic heterocycles. The minimum absolute atomic E-state index is 0. The second kappa shape index (κ2) is 9.83. The van der Waals surface area contributed by atoms with Gasteiger partial charge in [0.15, 0.2) is 0 Å². The fourth-order valence-electron chi connectivity index (χ4n) is 0.393. The molecule has 2 heteroatoms. The zero-order valence-electron chi connectivity index (χ0n) is 4.51. The summed E-state index contributed by atoms with van der Waals surface area (Å²) >= 11 is 0. The SMILES string of the molecule is C1=CCC=C1.C=O.[Mn]. The third kappa shape index (κ3) is 5.67. The Kier molecular flexibility index (Phi) is 13.0. The van der Waals surface area contributed by atoms with E-state index in [1.807, 2.05) is 6.79 Å². The Hall–Kier alpha value is -0.331. The van der Waals surface area contributed by atoms with Crippen LogP contribution in [0.15, 0.2) is 24.3 Å². The van der Waals surface area contributed by atoms with Crippen molar-refractivity contribution in [1.29, 1.82) is 0 Å². The van der Waals surface area contributed by atoms with E-state index in [0.717, 1.165) is 6.42 Å². The van der Waals surface area contributed by atoms with E-state index >= 15 is 0 Å². The van der Waals surface area contributed by atoms with Gasteiger partial charge < -0.3 is 4.79 Å². The van der Waals surface area contributed by atoms with E-state index in [9.17, 15) is 0 Å². The van der Waals surface area contributed by atoms with Crippen molar-refractivity contribution < 1.29 is 21.9 Å². The normalized spacial score (nSPS) is 11.5. The Labute approximate surface area is 59.9 Å². The first-order valence-electron chi connectivity index (χ1n) is 2.11. The number of rotatable bonds is 0. The summed E-state index contributed by atoms with van der Waals surface area (Å²) < 4.78 is 0. The zero-order valence-corrected chi connectivity index (χ0v) is 5.69. The average Bonchev–Trinajstić information content (AvgIpc) is 2.23. The van der Waals surface area contributed by atoms with E-state index in [4.69, 9.17) is 4.79 Å². The third-order valence-corrected chi connectivity index (χ3v) is 0.655. The molecule has 1 aliphatic carbocycles. The maximum absolute atomic E-state index is 8.00. The quantitative estimate of drug-likeness (QED) is 0.477. The molecule has 0 aromatic rings. The van der Waals surface area contributed by atoms with Crippen molar-refractivity contribution in [3.8, 4) is 0 Å². The summed E-state index contributed by atoms with van der Waals surface area (Å²) in [7, 11) is 0. The number of carbonyl (C=O) groups is 1. The van der Waals surface area contributed by atoms with Crippen LogP contribution >= 0.6 is 0 Å². The van der Waals surface area contributed by atoms with Gasteiger partial charge in [-0.3, -0.25) is 0 Å². The minimum Gasteiger partial charge on any atom is -0.307 e. The van der Waals surface area contributed by atoms with Gasteiger partial charge in [-0.05, 0) is 6.42 Å². The van der Waals surface area contributed by atoms with Crippen LogP contribution in [0.2, 0.25) is 0 Å². The molecule has 0 saturated carbocycles. The van der Waals surface area contributed by atoms with Gasteiger partial charge in [0.05, 0.1) is 0 Å². The largest absolute Gasteiger partial charge is 0.307 e. The Morgan fingerprint density at radius 1 is 1.12 bits per heavy atom. The maximum atomic E-state index is 8.00. The molecule has 0 aromatic carbocycles. The first-order chi connectivity index (χ1) is 3.50. The van der Waals surface area contributed by atoms with E-state index in [1.165, 1.54) is 0 Å². The van der Waals surface area contributed by atoms with Gasteiger partial charge in [-0.15, -0.1) is 0 Å². The van der Waals surface area contributed by atoms with Crippen LogP contribution < -0.4 is 0 Å². The molecule has 1 nitrogen and oxygen atoms in total. The van der Waals surface area contributed by atoms with Gasteiger partial charge in [0.25, 0.3) is 0 Å². The van der Waals surface area contributed by atoms with Crippen molar-refractivity contribution in [3.05, 3.63) is 24.3 Å². The molecule has 1 radical (unpaired) electrons. The van der Waals surface area contributed by atoms with Crippen molar-refractivity contribution in [2.24, 2.45) is 0 Å². The molecule has 45 valence electrons. The summed E-state index contributed by atoms with van der Waals surface area (Å²) in [6.07, 6.45) is 9.50. The van der Waals surface area contributed by atoms with Gasteiger partial charge in [0.1, 0.15) is 6.79 Å². The summed E-state index contributed by atoms with van der Waals surface area (Å²) in [6.45, 7) is 2.00. The van der Waals surface area contributed by atoms with E-state index in [-0.39, 0.29) is 17.1 Å². The Bertz CT molecular complexity index is 76.5. The summed E-state index contributed by atoms with van der Waals surface area (Å²) in [5, 5.41) is 0. The predicted octanol–water partition coefficient (Wildman–Crippen LogP) is 1.32. The molecule has 0 bridgehead atoms. The van der Waals surface area contributed by atoms with Crippen molar-refractivity contribution in [1.82, 2.24) is 0 Å². The second-order valence-electron chi connectivity index (χ2n) is 1.09. The van der Waals surface area contributed by atoms with Gasteiger partial charge in [-0.2, -0.15) is 0 Å². The van der Waals surface area contributed by atoms with Gasteiger partial charge in [0, 0.05) is 17.1 Å². The molecule has 0 spiro atoms. The van der Waals surface area contributed by atoms with Crippen LogP contribution in [-0.4, -0.2) is 6.79 Å². The van der Waals surface area contributed by atoms with Crippen LogP contribution in [0.1, 0.15) is 6.42 Å². The van der Waals surface area contributed by atoms with Gasteiger partial charge in [-0.25, -0.2) is 0 Å². The number of hydrogen-bond acceptors (Lipinski definition) is 1. The van der Waals surface area contributed by atoms with Gasteiger partial charge in [0.2, 0.25) is 0 Å². The first-order valence-corrected chi connectivity index (χ1v) is 2.11. The summed E-state index contributed by atoms with van der Waals surface area (Å²) in [4.78, 5) is 8.00. The predicted molar refractivity (Wildman–Crippen MR) is 30.0 cm³/mol. The fourth-order valence-corrected chi connectivity index (χ4v) is 0.393. The molecule has 8 heavy (non-hydrogen) atoms. The third-order valence-electron chi connectivity index (χ3n) is 0.655. The van der Waals surface area contributed by atoms with Crippen molar-refractivity contribution in [2.75, 3.05) is 0 Å². The smallest absolute Gasteiger partial charge is 0.106 e. The van der Waals surface area contributed by atoms with Crippen LogP contribution in [0.5, 0.6) is 0 Å². The molecule has 1 rings (SSSR count). The molecular formula is C6H8MnO. The van der Waals surface area contributed by atoms with Gasteiger partial charge in [-0.1, -0.05) is 24.3 Å². The van der Waals surface area contributed by atoms with Crippen molar-refractivity contribution in [3.63, 3.8) is 0 Å². The van der Waals surface area contributed by atoms with Crippen molar-refractivity contribution >= 4 is 6.79 Å². The molecule has 0 N–H and O–H groups in total. The molecule has 0 heterocycles. The van der Waals surface area contributed by atoms with Crippen LogP contribution in [0.4, 0.5) is 0 Å². The van der Waals surface area contributed by atoms with E-state index < -0.39 is 0 Å². The Morgan fingerprint density at radius 2 is 1.50 bits per heavy atom. The molecular weight excluding hydrogens is 143 g/mol. The first kappa shape index (κ1) is 10.6. The van der Waals surface area contributed by atoms with Crippen LogP contribution in [0, 0.1) is 0 Å². The second-order valence-corrected chi connectivity index (χ2v) is 1.09. The van der Waals surface area contributed by atoms with Crippen LogP contribution in [-0.2, 0) is 21.9 Å². The monoisotopic (exact) mass is 151 g/mol. The van der Waals surface area contributed by atoms with Crippen LogP contribution in [0.25, 0.3) is 0 Å². The van der Waals surface area contributed by atoms with Gasteiger partial charge >= 0.3 is 0 Å². The zero-order chi connectivity index (χ0) is 5.54. The van der Waals surface area contributed by atoms with E-state index in [1.54, 1.807) is 0 Å². The Morgan fingerprint density at radius 3 is 1.62 bits per heavy atom. The average molecular weight is 151 g/mol. The molecule has 0 atom stereocenters. The molecule has 1 aliphatic rings. The minimum atomic E-state index is 0. The molecule has 0 aliphatic heterocycles. The number of hydrogen-bond donors (Lipinski definition) is 0. The van der Waals surface area contributed by atoms with E-state index in [2.05, 4.69) is 24.3 Å². The fraction of sp³-hybridized carbons (Fsp3) is 0.167. The molecule has 0 fully saturated rings.